The van der Waals surface area contributed by atoms with E-state index in [1.807, 2.05) is 24.3 Å². The van der Waals surface area contributed by atoms with Crippen molar-refractivity contribution < 1.29 is 5.11 Å². The van der Waals surface area contributed by atoms with Crippen molar-refractivity contribution in [1.82, 2.24) is 0 Å². The molecule has 0 aromatic heterocycles. The summed E-state index contributed by atoms with van der Waals surface area (Å²) in [5, 5.41) is 18.8. The molecule has 1 saturated heterocycles. The summed E-state index contributed by atoms with van der Waals surface area (Å²) in [5.74, 6) is 0. The fraction of sp³-hybridized carbons (Fsp3) is 0.500. The fourth-order valence-electron chi connectivity index (χ4n) is 2.34. The summed E-state index contributed by atoms with van der Waals surface area (Å²) in [6.45, 7) is 5.83. The van der Waals surface area contributed by atoms with Crippen molar-refractivity contribution >= 4 is 5.69 Å². The van der Waals surface area contributed by atoms with Gasteiger partial charge in [-0.25, -0.2) is 0 Å². The van der Waals surface area contributed by atoms with Crippen molar-refractivity contribution in [2.24, 2.45) is 5.41 Å². The minimum atomic E-state index is -0.238. The molecule has 0 bridgehead atoms. The van der Waals surface area contributed by atoms with Gasteiger partial charge < -0.3 is 10.0 Å². The predicted molar refractivity (Wildman–Crippen MR) is 67.8 cm³/mol. The van der Waals surface area contributed by atoms with Crippen molar-refractivity contribution in [3.8, 4) is 6.07 Å². The molecule has 1 unspecified atom stereocenters. The zero-order valence-corrected chi connectivity index (χ0v) is 10.3. The van der Waals surface area contributed by atoms with Crippen LogP contribution in [0.5, 0.6) is 0 Å². The number of benzene rings is 1. The van der Waals surface area contributed by atoms with E-state index in [2.05, 4.69) is 24.8 Å². The summed E-state index contributed by atoms with van der Waals surface area (Å²) in [6, 6.07) is 9.81. The molecule has 1 aliphatic rings. The molecular weight excluding hydrogens is 212 g/mol. The first-order valence-corrected chi connectivity index (χ1v) is 5.96. The first kappa shape index (κ1) is 11.9. The topological polar surface area (TPSA) is 47.3 Å². The number of aliphatic hydroxyl groups excluding tert-OH is 1. The van der Waals surface area contributed by atoms with Crippen molar-refractivity contribution in [3.63, 3.8) is 0 Å². The molecule has 0 amide bonds. The molecule has 17 heavy (non-hydrogen) atoms. The molecule has 1 heterocycles. The van der Waals surface area contributed by atoms with E-state index in [9.17, 15) is 5.11 Å². The first-order valence-electron chi connectivity index (χ1n) is 5.96. The lowest BCUT2D eigenvalue weighted by atomic mass is 9.81. The molecule has 90 valence electrons. The highest BCUT2D eigenvalue weighted by atomic mass is 16.3. The number of anilines is 1. The number of nitrogens with zero attached hydrogens (tertiary/aromatic N) is 2. The van der Waals surface area contributed by atoms with Crippen LogP contribution in [0.3, 0.4) is 0 Å². The number of rotatable bonds is 1. The molecule has 1 atom stereocenters. The summed E-state index contributed by atoms with van der Waals surface area (Å²) in [4.78, 5) is 2.24. The second-order valence-corrected chi connectivity index (χ2v) is 5.38. The fourth-order valence-corrected chi connectivity index (χ4v) is 2.34. The third kappa shape index (κ3) is 2.42. The standard InChI is InChI=1S/C14H18N2O/c1-14(2)10-16(7-6-13(14)17)12-5-3-4-11(8-12)9-15/h3-5,8,13,17H,6-7,10H2,1-2H3. The van der Waals surface area contributed by atoms with Gasteiger partial charge in [-0.2, -0.15) is 5.26 Å². The van der Waals surface area contributed by atoms with E-state index < -0.39 is 0 Å². The highest BCUT2D eigenvalue weighted by molar-refractivity contribution is 5.52. The quantitative estimate of drug-likeness (QED) is 0.804. The Morgan fingerprint density at radius 1 is 1.47 bits per heavy atom. The van der Waals surface area contributed by atoms with Gasteiger partial charge in [0.1, 0.15) is 0 Å². The predicted octanol–water partition coefficient (Wildman–Crippen LogP) is 2.16. The van der Waals surface area contributed by atoms with Crippen LogP contribution in [0.15, 0.2) is 24.3 Å². The van der Waals surface area contributed by atoms with Crippen LogP contribution in [0, 0.1) is 16.7 Å². The van der Waals surface area contributed by atoms with Crippen LogP contribution in [0.25, 0.3) is 0 Å². The van der Waals surface area contributed by atoms with Crippen molar-refractivity contribution in [1.29, 1.82) is 5.26 Å². The van der Waals surface area contributed by atoms with E-state index in [1.165, 1.54) is 0 Å². The smallest absolute Gasteiger partial charge is 0.0992 e. The lowest BCUT2D eigenvalue weighted by molar-refractivity contribution is 0.0336. The number of hydrogen-bond donors (Lipinski definition) is 1. The van der Waals surface area contributed by atoms with Gasteiger partial charge in [-0.3, -0.25) is 0 Å². The van der Waals surface area contributed by atoms with E-state index >= 15 is 0 Å². The largest absolute Gasteiger partial charge is 0.392 e. The minimum Gasteiger partial charge on any atom is -0.392 e. The summed E-state index contributed by atoms with van der Waals surface area (Å²) < 4.78 is 0. The molecular formula is C14H18N2O. The molecule has 1 fully saturated rings. The Bertz CT molecular complexity index is 448. The Morgan fingerprint density at radius 3 is 2.88 bits per heavy atom. The SMILES string of the molecule is CC1(C)CN(c2cccc(C#N)c2)CCC1O. The number of aliphatic hydroxyl groups is 1. The van der Waals surface area contributed by atoms with Crippen LogP contribution in [0.4, 0.5) is 5.69 Å². The molecule has 1 aromatic carbocycles. The van der Waals surface area contributed by atoms with Crippen molar-refractivity contribution in [2.45, 2.75) is 26.4 Å². The lowest BCUT2D eigenvalue weighted by Crippen LogP contribution is -2.48. The normalized spacial score (nSPS) is 23.2. The molecule has 3 heteroatoms. The molecule has 0 aliphatic carbocycles. The molecule has 1 N–H and O–H groups in total. The summed E-state index contributed by atoms with van der Waals surface area (Å²) in [5.41, 5.74) is 1.66. The average molecular weight is 230 g/mol. The van der Waals surface area contributed by atoms with E-state index in [0.717, 1.165) is 25.2 Å². The van der Waals surface area contributed by atoms with Crippen LogP contribution in [-0.2, 0) is 0 Å². The van der Waals surface area contributed by atoms with Gasteiger partial charge in [0.15, 0.2) is 0 Å². The van der Waals surface area contributed by atoms with Crippen molar-refractivity contribution in [2.75, 3.05) is 18.0 Å². The molecule has 3 nitrogen and oxygen atoms in total. The van der Waals surface area contributed by atoms with Crippen LogP contribution in [-0.4, -0.2) is 24.3 Å². The van der Waals surface area contributed by atoms with Gasteiger partial charge in [0.05, 0.1) is 17.7 Å². The molecule has 0 radical (unpaired) electrons. The molecule has 0 saturated carbocycles. The first-order chi connectivity index (χ1) is 8.03. The molecule has 0 spiro atoms. The number of nitriles is 1. The van der Waals surface area contributed by atoms with Gasteiger partial charge >= 0.3 is 0 Å². The third-order valence-electron chi connectivity index (χ3n) is 3.51. The Hall–Kier alpha value is -1.53. The van der Waals surface area contributed by atoms with Gasteiger partial charge in [0.25, 0.3) is 0 Å². The Balaban J connectivity index is 2.21. The highest BCUT2D eigenvalue weighted by Gasteiger charge is 2.34. The van der Waals surface area contributed by atoms with Gasteiger partial charge in [-0.05, 0) is 24.6 Å². The van der Waals surface area contributed by atoms with Gasteiger partial charge in [0, 0.05) is 24.2 Å². The Morgan fingerprint density at radius 2 is 2.24 bits per heavy atom. The van der Waals surface area contributed by atoms with E-state index in [0.29, 0.717) is 5.56 Å². The summed E-state index contributed by atoms with van der Waals surface area (Å²) in [7, 11) is 0. The van der Waals surface area contributed by atoms with E-state index in [-0.39, 0.29) is 11.5 Å². The molecule has 1 aromatic rings. The number of piperidine rings is 1. The third-order valence-corrected chi connectivity index (χ3v) is 3.51. The maximum atomic E-state index is 9.92. The Kier molecular flexibility index (Phi) is 3.08. The van der Waals surface area contributed by atoms with Crippen LogP contribution >= 0.6 is 0 Å². The maximum absolute atomic E-state index is 9.92. The van der Waals surface area contributed by atoms with Gasteiger partial charge in [-0.15, -0.1) is 0 Å². The van der Waals surface area contributed by atoms with Crippen LogP contribution in [0.2, 0.25) is 0 Å². The second kappa shape index (κ2) is 4.38. The second-order valence-electron chi connectivity index (χ2n) is 5.38. The van der Waals surface area contributed by atoms with Gasteiger partial charge in [-0.1, -0.05) is 19.9 Å². The minimum absolute atomic E-state index is 0.0963. The van der Waals surface area contributed by atoms with E-state index in [4.69, 9.17) is 5.26 Å². The maximum Gasteiger partial charge on any atom is 0.0992 e. The summed E-state index contributed by atoms with van der Waals surface area (Å²) >= 11 is 0. The van der Waals surface area contributed by atoms with Gasteiger partial charge in [0.2, 0.25) is 0 Å². The number of hydrogen-bond acceptors (Lipinski definition) is 3. The molecule has 1 aliphatic heterocycles. The molecule has 2 rings (SSSR count). The lowest BCUT2D eigenvalue weighted by Gasteiger charge is -2.43. The van der Waals surface area contributed by atoms with Crippen molar-refractivity contribution in [3.05, 3.63) is 29.8 Å². The highest BCUT2D eigenvalue weighted by Crippen LogP contribution is 2.32. The zero-order chi connectivity index (χ0) is 12.5. The average Bonchev–Trinajstić information content (AvgIpc) is 2.32. The van der Waals surface area contributed by atoms with Crippen LogP contribution in [0.1, 0.15) is 25.8 Å². The Labute approximate surface area is 102 Å². The monoisotopic (exact) mass is 230 g/mol. The zero-order valence-electron chi connectivity index (χ0n) is 10.3. The van der Waals surface area contributed by atoms with Crippen LogP contribution < -0.4 is 4.90 Å². The van der Waals surface area contributed by atoms with E-state index in [1.54, 1.807) is 0 Å². The summed E-state index contributed by atoms with van der Waals surface area (Å²) in [6.07, 6.45) is 0.543.